The maximum atomic E-state index is 12.1. The second-order valence-corrected chi connectivity index (χ2v) is 5.09. The molecule has 1 N–H and O–H groups in total. The van der Waals surface area contributed by atoms with Crippen LogP contribution in [0.5, 0.6) is 0 Å². The molecule has 17 heavy (non-hydrogen) atoms. The van der Waals surface area contributed by atoms with Gasteiger partial charge in [-0.2, -0.15) is 5.10 Å². The first-order valence-electron chi connectivity index (χ1n) is 6.09. The number of nitrogens with one attached hydrogen (secondary N) is 1. The van der Waals surface area contributed by atoms with E-state index in [0.29, 0.717) is 5.69 Å². The molecular formula is C12H18ClN3O. The number of amides is 1. The van der Waals surface area contributed by atoms with Crippen molar-refractivity contribution in [3.63, 3.8) is 0 Å². The summed E-state index contributed by atoms with van der Waals surface area (Å²) in [5, 5.41) is 7.33. The molecule has 2 unspecified atom stereocenters. The number of hydrogen-bond acceptors (Lipinski definition) is 2. The summed E-state index contributed by atoms with van der Waals surface area (Å²) in [5.74, 6) is -0.0720. The first kappa shape index (κ1) is 12.4. The van der Waals surface area contributed by atoms with Crippen molar-refractivity contribution in [1.82, 2.24) is 15.1 Å². The van der Waals surface area contributed by atoms with E-state index in [2.05, 4.69) is 10.4 Å². The van der Waals surface area contributed by atoms with Gasteiger partial charge in [-0.1, -0.05) is 6.92 Å². The van der Waals surface area contributed by atoms with Crippen LogP contribution in [0.25, 0.3) is 0 Å². The van der Waals surface area contributed by atoms with E-state index in [4.69, 9.17) is 11.6 Å². The van der Waals surface area contributed by atoms with Gasteiger partial charge in [0.1, 0.15) is 5.69 Å². The van der Waals surface area contributed by atoms with E-state index in [-0.39, 0.29) is 17.3 Å². The third-order valence-electron chi connectivity index (χ3n) is 3.27. The fourth-order valence-corrected chi connectivity index (χ4v) is 2.57. The van der Waals surface area contributed by atoms with Gasteiger partial charge in [-0.3, -0.25) is 9.48 Å². The Morgan fingerprint density at radius 1 is 1.65 bits per heavy atom. The number of aryl methyl sites for hydroxylation is 2. The summed E-state index contributed by atoms with van der Waals surface area (Å²) in [6, 6.07) is 1.94. The van der Waals surface area contributed by atoms with E-state index in [9.17, 15) is 4.79 Å². The minimum absolute atomic E-state index is 0.0674. The Kier molecular flexibility index (Phi) is 3.72. The number of hydrogen-bond donors (Lipinski definition) is 1. The van der Waals surface area contributed by atoms with Gasteiger partial charge in [0.15, 0.2) is 0 Å². The highest BCUT2D eigenvalue weighted by Gasteiger charge is 2.27. The van der Waals surface area contributed by atoms with Crippen LogP contribution in [0, 0.1) is 0 Å². The molecule has 0 saturated heterocycles. The van der Waals surface area contributed by atoms with E-state index in [1.807, 2.05) is 13.0 Å². The van der Waals surface area contributed by atoms with Crippen LogP contribution >= 0.6 is 11.6 Å². The Morgan fingerprint density at radius 2 is 2.41 bits per heavy atom. The Bertz CT molecular complexity index is 416. The predicted molar refractivity (Wildman–Crippen MR) is 67.3 cm³/mol. The lowest BCUT2D eigenvalue weighted by molar-refractivity contribution is 0.0929. The molecular weight excluding hydrogens is 238 g/mol. The lowest BCUT2D eigenvalue weighted by Crippen LogP contribution is -2.38. The van der Waals surface area contributed by atoms with Gasteiger partial charge in [0.2, 0.25) is 0 Å². The van der Waals surface area contributed by atoms with Crippen LogP contribution < -0.4 is 5.32 Å². The topological polar surface area (TPSA) is 46.9 Å². The van der Waals surface area contributed by atoms with Crippen molar-refractivity contribution < 1.29 is 4.79 Å². The highest BCUT2D eigenvalue weighted by Crippen LogP contribution is 2.24. The van der Waals surface area contributed by atoms with E-state index in [1.165, 1.54) is 0 Å². The van der Waals surface area contributed by atoms with Crippen molar-refractivity contribution in [2.24, 2.45) is 7.05 Å². The average Bonchev–Trinajstić information content (AvgIpc) is 2.86. The predicted octanol–water partition coefficient (Wildman–Crippen LogP) is 1.87. The molecule has 1 heterocycles. The van der Waals surface area contributed by atoms with Crippen molar-refractivity contribution in [3.8, 4) is 0 Å². The first-order chi connectivity index (χ1) is 8.11. The summed E-state index contributed by atoms with van der Waals surface area (Å²) >= 11 is 6.14. The number of rotatable bonds is 3. The smallest absolute Gasteiger partial charge is 0.269 e. The zero-order valence-corrected chi connectivity index (χ0v) is 11.0. The second-order valence-electron chi connectivity index (χ2n) is 4.52. The lowest BCUT2D eigenvalue weighted by atomic mass is 10.2. The molecule has 94 valence electrons. The third-order valence-corrected chi connectivity index (χ3v) is 3.80. The molecule has 1 fully saturated rings. The van der Waals surface area contributed by atoms with Crippen LogP contribution in [0.3, 0.4) is 0 Å². The van der Waals surface area contributed by atoms with E-state index >= 15 is 0 Å². The standard InChI is InChI=1S/C12H18ClN3O/c1-3-8-7-11(16(2)15-8)12(17)14-10-6-4-5-9(10)13/h7,9-10H,3-6H2,1-2H3,(H,14,17). The average molecular weight is 256 g/mol. The number of halogens is 1. The zero-order chi connectivity index (χ0) is 12.4. The van der Waals surface area contributed by atoms with Crippen LogP contribution in [0.4, 0.5) is 0 Å². The van der Waals surface area contributed by atoms with Crippen LogP contribution in [-0.2, 0) is 13.5 Å². The normalized spacial score (nSPS) is 23.9. The molecule has 0 radical (unpaired) electrons. The van der Waals surface area contributed by atoms with Crippen molar-refractivity contribution >= 4 is 17.5 Å². The quantitative estimate of drug-likeness (QED) is 0.839. The maximum absolute atomic E-state index is 12.1. The highest BCUT2D eigenvalue weighted by atomic mass is 35.5. The number of nitrogens with zero attached hydrogens (tertiary/aromatic N) is 2. The van der Waals surface area contributed by atoms with Gasteiger partial charge < -0.3 is 5.32 Å². The van der Waals surface area contributed by atoms with Crippen LogP contribution in [0.15, 0.2) is 6.07 Å². The molecule has 1 aliphatic rings. The van der Waals surface area contributed by atoms with E-state index in [1.54, 1.807) is 11.7 Å². The van der Waals surface area contributed by atoms with Gasteiger partial charge in [-0.15, -0.1) is 11.6 Å². The Balaban J connectivity index is 2.06. The maximum Gasteiger partial charge on any atom is 0.269 e. The molecule has 5 heteroatoms. The minimum atomic E-state index is -0.0720. The largest absolute Gasteiger partial charge is 0.346 e. The molecule has 0 aliphatic heterocycles. The van der Waals surface area contributed by atoms with Gasteiger partial charge in [0.25, 0.3) is 5.91 Å². The lowest BCUT2D eigenvalue weighted by Gasteiger charge is -2.15. The van der Waals surface area contributed by atoms with Crippen molar-refractivity contribution in [1.29, 1.82) is 0 Å². The minimum Gasteiger partial charge on any atom is -0.346 e. The van der Waals surface area contributed by atoms with Crippen molar-refractivity contribution in [3.05, 3.63) is 17.5 Å². The number of aromatic nitrogens is 2. The molecule has 2 rings (SSSR count). The molecule has 1 amide bonds. The summed E-state index contributed by atoms with van der Waals surface area (Å²) in [6.07, 6.45) is 3.88. The first-order valence-corrected chi connectivity index (χ1v) is 6.53. The number of carbonyl (C=O) groups excluding carboxylic acids is 1. The molecule has 4 nitrogen and oxygen atoms in total. The highest BCUT2D eigenvalue weighted by molar-refractivity contribution is 6.21. The van der Waals surface area contributed by atoms with Crippen molar-refractivity contribution in [2.75, 3.05) is 0 Å². The molecule has 0 aromatic carbocycles. The SMILES string of the molecule is CCc1cc(C(=O)NC2CCCC2Cl)n(C)n1. The Hall–Kier alpha value is -1.03. The zero-order valence-electron chi connectivity index (χ0n) is 10.2. The summed E-state index contributed by atoms with van der Waals surface area (Å²) in [5.41, 5.74) is 1.55. The third kappa shape index (κ3) is 2.63. The fraction of sp³-hybridized carbons (Fsp3) is 0.667. The summed E-state index contributed by atoms with van der Waals surface area (Å²) in [7, 11) is 1.79. The molecule has 2 atom stereocenters. The van der Waals surface area contributed by atoms with Gasteiger partial charge in [0.05, 0.1) is 11.1 Å². The molecule has 0 bridgehead atoms. The second kappa shape index (κ2) is 5.08. The van der Waals surface area contributed by atoms with E-state index < -0.39 is 0 Å². The van der Waals surface area contributed by atoms with Gasteiger partial charge >= 0.3 is 0 Å². The van der Waals surface area contributed by atoms with E-state index in [0.717, 1.165) is 31.4 Å². The van der Waals surface area contributed by atoms with Crippen LogP contribution in [0.1, 0.15) is 42.4 Å². The number of carbonyl (C=O) groups is 1. The molecule has 1 aromatic rings. The van der Waals surface area contributed by atoms with Gasteiger partial charge in [-0.05, 0) is 31.7 Å². The Morgan fingerprint density at radius 3 is 2.94 bits per heavy atom. The summed E-state index contributed by atoms with van der Waals surface area (Å²) in [4.78, 5) is 12.1. The van der Waals surface area contributed by atoms with Gasteiger partial charge in [-0.25, -0.2) is 0 Å². The monoisotopic (exact) mass is 255 g/mol. The van der Waals surface area contributed by atoms with Gasteiger partial charge in [0, 0.05) is 13.1 Å². The number of alkyl halides is 1. The molecule has 0 spiro atoms. The van der Waals surface area contributed by atoms with Crippen LogP contribution in [0.2, 0.25) is 0 Å². The molecule has 1 aliphatic carbocycles. The molecule has 1 saturated carbocycles. The van der Waals surface area contributed by atoms with Crippen LogP contribution in [-0.4, -0.2) is 27.1 Å². The van der Waals surface area contributed by atoms with Crippen molar-refractivity contribution in [2.45, 2.75) is 44.0 Å². The Labute approximate surface area is 106 Å². The summed E-state index contributed by atoms with van der Waals surface area (Å²) < 4.78 is 1.63. The summed E-state index contributed by atoms with van der Waals surface area (Å²) in [6.45, 7) is 2.02. The molecule has 1 aromatic heterocycles. The fourth-order valence-electron chi connectivity index (χ4n) is 2.23.